The fourth-order valence-corrected chi connectivity index (χ4v) is 3.86. The van der Waals surface area contributed by atoms with E-state index in [1.807, 2.05) is 38.2 Å². The monoisotopic (exact) mass is 451 g/mol. The summed E-state index contributed by atoms with van der Waals surface area (Å²) in [6.07, 6.45) is 16.2. The third kappa shape index (κ3) is 9.56. The molecule has 7 heteroatoms. The lowest BCUT2D eigenvalue weighted by molar-refractivity contribution is 0.438. The van der Waals surface area contributed by atoms with Crippen LogP contribution >= 0.6 is 0 Å². The summed E-state index contributed by atoms with van der Waals surface area (Å²) in [5, 5.41) is 23.6. The van der Waals surface area contributed by atoms with E-state index in [-0.39, 0.29) is 12.5 Å². The molecule has 0 radical (unpaired) electrons. The van der Waals surface area contributed by atoms with E-state index in [2.05, 4.69) is 53.0 Å². The van der Waals surface area contributed by atoms with E-state index in [1.54, 1.807) is 0 Å². The van der Waals surface area contributed by atoms with Crippen molar-refractivity contribution in [3.05, 3.63) is 47.9 Å². The van der Waals surface area contributed by atoms with Gasteiger partial charge in [0.25, 0.3) is 0 Å². The van der Waals surface area contributed by atoms with Crippen LogP contribution in [0.1, 0.15) is 79.1 Å². The molecule has 0 bridgehead atoms. The van der Waals surface area contributed by atoms with Crippen LogP contribution in [0.2, 0.25) is 0 Å². The number of hydrogen-bond acceptors (Lipinski definition) is 7. The van der Waals surface area contributed by atoms with Gasteiger partial charge in [0.2, 0.25) is 0 Å². The van der Waals surface area contributed by atoms with Crippen molar-refractivity contribution >= 4 is 11.5 Å². The Balaban J connectivity index is 1.86. The Labute approximate surface area is 199 Å². The van der Waals surface area contributed by atoms with E-state index in [9.17, 15) is 0 Å². The summed E-state index contributed by atoms with van der Waals surface area (Å²) in [6.45, 7) is 12.5. The lowest BCUT2D eigenvalue weighted by Crippen LogP contribution is -2.49. The SMILES string of the molecule is C=C(/C=C\C(=C/C)CC#N)NC1N=C(NC2CCC(C(C)CCCCCC)=NN2)C=C(C)N1. The van der Waals surface area contributed by atoms with E-state index in [0.717, 1.165) is 35.6 Å². The van der Waals surface area contributed by atoms with Crippen LogP contribution in [0.25, 0.3) is 0 Å². The van der Waals surface area contributed by atoms with Gasteiger partial charge in [-0.05, 0) is 56.8 Å². The van der Waals surface area contributed by atoms with Gasteiger partial charge in [0.05, 0.1) is 12.5 Å². The average Bonchev–Trinajstić information content (AvgIpc) is 2.79. The van der Waals surface area contributed by atoms with Crippen LogP contribution in [0.15, 0.2) is 57.9 Å². The minimum atomic E-state index is -0.314. The molecule has 0 aromatic heterocycles. The van der Waals surface area contributed by atoms with Gasteiger partial charge < -0.3 is 16.0 Å². The number of rotatable bonds is 12. The van der Waals surface area contributed by atoms with E-state index in [0.29, 0.717) is 12.3 Å². The molecule has 0 fully saturated rings. The minimum absolute atomic E-state index is 0.0638. The van der Waals surface area contributed by atoms with E-state index < -0.39 is 0 Å². The second-order valence-electron chi connectivity index (χ2n) is 8.81. The fourth-order valence-electron chi connectivity index (χ4n) is 3.86. The maximum absolute atomic E-state index is 8.86. The summed E-state index contributed by atoms with van der Waals surface area (Å²) in [4.78, 5) is 4.72. The molecule has 0 aromatic rings. The number of unbranched alkanes of at least 4 members (excludes halogenated alkanes) is 3. The van der Waals surface area contributed by atoms with Gasteiger partial charge in [-0.3, -0.25) is 5.43 Å². The van der Waals surface area contributed by atoms with Crippen molar-refractivity contribution in [1.29, 1.82) is 5.26 Å². The van der Waals surface area contributed by atoms with Gasteiger partial charge in [-0.25, -0.2) is 4.99 Å². The fraction of sp³-hybridized carbons (Fsp3) is 0.577. The number of nitrogens with one attached hydrogen (secondary N) is 4. The Kier molecular flexibility index (Phi) is 11.3. The van der Waals surface area contributed by atoms with Crippen LogP contribution in [0, 0.1) is 17.2 Å². The van der Waals surface area contributed by atoms with Crippen LogP contribution in [-0.4, -0.2) is 24.0 Å². The zero-order chi connectivity index (χ0) is 24.1. The molecule has 3 unspecified atom stereocenters. The Bertz CT molecular complexity index is 841. The topological polar surface area (TPSA) is 96.6 Å². The van der Waals surface area contributed by atoms with Crippen LogP contribution in [0.3, 0.4) is 0 Å². The molecule has 0 spiro atoms. The quantitative estimate of drug-likeness (QED) is 0.248. The number of nitriles is 1. The molecule has 0 saturated carbocycles. The first-order chi connectivity index (χ1) is 15.9. The molecular weight excluding hydrogens is 410 g/mol. The smallest absolute Gasteiger partial charge is 0.196 e. The molecule has 2 heterocycles. The Morgan fingerprint density at radius 2 is 2.18 bits per heavy atom. The van der Waals surface area contributed by atoms with Gasteiger partial charge in [-0.2, -0.15) is 10.4 Å². The number of amidine groups is 1. The highest BCUT2D eigenvalue weighted by Crippen LogP contribution is 2.18. The van der Waals surface area contributed by atoms with Crippen molar-refractivity contribution in [3.63, 3.8) is 0 Å². The average molecular weight is 452 g/mol. The van der Waals surface area contributed by atoms with E-state index in [1.165, 1.54) is 37.8 Å². The highest BCUT2D eigenvalue weighted by molar-refractivity contribution is 5.94. The van der Waals surface area contributed by atoms with E-state index in [4.69, 9.17) is 10.3 Å². The third-order valence-electron chi connectivity index (χ3n) is 5.90. The normalized spacial score (nSPS) is 21.7. The standard InChI is InChI=1S/C26H41N7/c1-6-8-9-10-11-19(3)23-14-15-24(33-32-23)30-25-18-21(5)29-26(31-25)28-20(4)12-13-22(7-2)16-17-27/h7,12-13,18-19,24,26,28-29,33H,4,6,8-11,14-16H2,1-3,5H3,(H,30,31)/b13-12-,22-7+. The first-order valence-corrected chi connectivity index (χ1v) is 12.2. The van der Waals surface area contributed by atoms with Gasteiger partial charge in [-0.1, -0.05) is 58.3 Å². The predicted octanol–water partition coefficient (Wildman–Crippen LogP) is 4.96. The summed E-state index contributed by atoms with van der Waals surface area (Å²) in [5.41, 5.74) is 7.26. The zero-order valence-corrected chi connectivity index (χ0v) is 20.7. The molecule has 0 aliphatic carbocycles. The zero-order valence-electron chi connectivity index (χ0n) is 20.7. The number of nitrogens with zero attached hydrogens (tertiary/aromatic N) is 3. The highest BCUT2D eigenvalue weighted by Gasteiger charge is 2.21. The van der Waals surface area contributed by atoms with Crippen LogP contribution < -0.4 is 21.4 Å². The molecule has 0 aromatic carbocycles. The molecule has 0 amide bonds. The summed E-state index contributed by atoms with van der Waals surface area (Å²) in [6, 6.07) is 2.16. The molecule has 2 rings (SSSR count). The first-order valence-electron chi connectivity index (χ1n) is 12.2. The van der Waals surface area contributed by atoms with Crippen molar-refractivity contribution in [1.82, 2.24) is 21.4 Å². The number of aliphatic imine (C=N–C) groups is 1. The van der Waals surface area contributed by atoms with E-state index >= 15 is 0 Å². The van der Waals surface area contributed by atoms with Crippen molar-refractivity contribution in [2.75, 3.05) is 0 Å². The predicted molar refractivity (Wildman–Crippen MR) is 138 cm³/mol. The van der Waals surface area contributed by atoms with Gasteiger partial charge in [0.1, 0.15) is 12.0 Å². The minimum Gasteiger partial charge on any atom is -0.350 e. The van der Waals surface area contributed by atoms with Gasteiger partial charge >= 0.3 is 0 Å². The van der Waals surface area contributed by atoms with Crippen molar-refractivity contribution < 1.29 is 0 Å². The molecule has 4 N–H and O–H groups in total. The van der Waals surface area contributed by atoms with Crippen molar-refractivity contribution in [3.8, 4) is 6.07 Å². The van der Waals surface area contributed by atoms with Crippen LogP contribution in [0.4, 0.5) is 0 Å². The molecule has 2 aliphatic rings. The lowest BCUT2D eigenvalue weighted by Gasteiger charge is -2.29. The molecule has 180 valence electrons. The summed E-state index contributed by atoms with van der Waals surface area (Å²) >= 11 is 0. The van der Waals surface area contributed by atoms with Crippen molar-refractivity contribution in [2.45, 2.75) is 91.5 Å². The second-order valence-corrected chi connectivity index (χ2v) is 8.81. The summed E-state index contributed by atoms with van der Waals surface area (Å²) in [5.74, 6) is 1.35. The third-order valence-corrected chi connectivity index (χ3v) is 5.90. The lowest BCUT2D eigenvalue weighted by atomic mass is 9.94. The number of hydrogen-bond donors (Lipinski definition) is 4. The molecule has 3 atom stereocenters. The molecule has 33 heavy (non-hydrogen) atoms. The Hall–Kier alpha value is -3.01. The van der Waals surface area contributed by atoms with Gasteiger partial charge in [0, 0.05) is 17.1 Å². The number of hydrazone groups is 1. The summed E-state index contributed by atoms with van der Waals surface area (Å²) in [7, 11) is 0. The number of allylic oxidation sites excluding steroid dienone is 5. The highest BCUT2D eigenvalue weighted by atomic mass is 15.4. The maximum atomic E-state index is 8.86. The maximum Gasteiger partial charge on any atom is 0.196 e. The van der Waals surface area contributed by atoms with Crippen LogP contribution in [-0.2, 0) is 0 Å². The van der Waals surface area contributed by atoms with Gasteiger partial charge in [-0.15, -0.1) is 0 Å². The van der Waals surface area contributed by atoms with Crippen molar-refractivity contribution in [2.24, 2.45) is 16.0 Å². The largest absolute Gasteiger partial charge is 0.350 e. The Morgan fingerprint density at radius 3 is 2.85 bits per heavy atom. The Morgan fingerprint density at radius 1 is 1.36 bits per heavy atom. The second kappa shape index (κ2) is 14.2. The van der Waals surface area contributed by atoms with Crippen LogP contribution in [0.5, 0.6) is 0 Å². The first kappa shape index (κ1) is 26.2. The molecular formula is C26H41N7. The van der Waals surface area contributed by atoms with Gasteiger partial charge in [0.15, 0.2) is 6.29 Å². The molecule has 7 nitrogen and oxygen atoms in total. The summed E-state index contributed by atoms with van der Waals surface area (Å²) < 4.78 is 0. The molecule has 2 aliphatic heterocycles. The molecule has 0 saturated heterocycles.